The number of halogens is 2. The Hall–Kier alpha value is -0.380. The van der Waals surface area contributed by atoms with Crippen molar-refractivity contribution in [3.63, 3.8) is 0 Å². The number of carbonyl (C=O) groups excluding carboxylic acids is 1. The van der Waals surface area contributed by atoms with E-state index in [1.807, 2.05) is 0 Å². The molecule has 0 saturated carbocycles. The largest absolute Gasteiger partial charge is 0.309 e. The zero-order chi connectivity index (χ0) is 15.6. The van der Waals surface area contributed by atoms with Crippen molar-refractivity contribution < 1.29 is 13.0 Å². The van der Waals surface area contributed by atoms with Crippen molar-refractivity contribution in [3.8, 4) is 0 Å². The van der Waals surface area contributed by atoms with Gasteiger partial charge in [0.2, 0.25) is 0 Å². The lowest BCUT2D eigenvalue weighted by molar-refractivity contribution is 0.0972. The maximum absolute atomic E-state index is 11.9. The quantitative estimate of drug-likeness (QED) is 0.797. The van der Waals surface area contributed by atoms with Crippen molar-refractivity contribution in [2.75, 3.05) is 20.5 Å². The molecule has 1 aromatic carbocycles. The van der Waals surface area contributed by atoms with Gasteiger partial charge in [-0.15, -0.1) is 12.4 Å². The first-order valence-electron chi connectivity index (χ1n) is 7.08. The van der Waals surface area contributed by atoms with Gasteiger partial charge in [-0.1, -0.05) is 28.1 Å². The molecule has 4 heteroatoms. The van der Waals surface area contributed by atoms with Gasteiger partial charge in [0.25, 0.3) is 0 Å². The highest BCUT2D eigenvalue weighted by Gasteiger charge is 2.05. The summed E-state index contributed by atoms with van der Waals surface area (Å²) in [6.45, 7) is -5.86. The summed E-state index contributed by atoms with van der Waals surface area (Å²) in [5.74, 6) is -0.295. The fraction of sp³-hybridized carbons (Fsp3) is 0.364. The van der Waals surface area contributed by atoms with Crippen molar-refractivity contribution >= 4 is 34.1 Å². The van der Waals surface area contributed by atoms with Crippen molar-refractivity contribution in [3.05, 3.63) is 34.3 Å². The number of rotatable bonds is 4. The van der Waals surface area contributed by atoms with E-state index in [1.165, 1.54) is 0 Å². The Kier molecular flexibility index (Phi) is 3.28. The standard InChI is InChI=1S/C11H14BrNO.ClH/c1-13(2)8-7-11(14)9-3-5-10(12)6-4-9;/h3-6H,7-8H2,1-2H3;1H/i1D3,2D3;. The van der Waals surface area contributed by atoms with Crippen LogP contribution in [0.1, 0.15) is 25.0 Å². The first-order valence-corrected chi connectivity index (χ1v) is 4.87. The first kappa shape index (κ1) is 7.05. The van der Waals surface area contributed by atoms with E-state index in [0.717, 1.165) is 4.47 Å². The van der Waals surface area contributed by atoms with E-state index in [1.54, 1.807) is 24.3 Å². The van der Waals surface area contributed by atoms with Crippen LogP contribution in [-0.2, 0) is 0 Å². The fourth-order valence-electron chi connectivity index (χ4n) is 0.993. The van der Waals surface area contributed by atoms with Crippen LogP contribution in [0.15, 0.2) is 28.7 Å². The van der Waals surface area contributed by atoms with Crippen LogP contribution in [0.5, 0.6) is 0 Å². The third kappa shape index (κ3) is 5.30. The molecule has 0 radical (unpaired) electrons. The Balaban J connectivity index is 0.00000400. The smallest absolute Gasteiger partial charge is 0.164 e. The zero-order valence-corrected chi connectivity index (χ0v) is 10.3. The highest BCUT2D eigenvalue weighted by Crippen LogP contribution is 2.11. The van der Waals surface area contributed by atoms with Gasteiger partial charge in [-0.05, 0) is 26.1 Å². The molecule has 0 N–H and O–H groups in total. The predicted octanol–water partition coefficient (Wildman–Crippen LogP) is 3.01. The molecule has 0 spiro atoms. The van der Waals surface area contributed by atoms with Gasteiger partial charge in [0.1, 0.15) is 0 Å². The SMILES string of the molecule is Cl.[2H]C([2H])([2H])N(CCC(=O)c1ccc(Br)cc1)C([2H])([2H])[2H]. The molecule has 0 aliphatic carbocycles. The van der Waals surface area contributed by atoms with Crippen LogP contribution in [-0.4, -0.2) is 31.2 Å². The topological polar surface area (TPSA) is 20.3 Å². The third-order valence-corrected chi connectivity index (χ3v) is 2.26. The van der Waals surface area contributed by atoms with Crippen molar-refractivity contribution in [2.45, 2.75) is 6.42 Å². The molecule has 0 saturated heterocycles. The average molecular weight is 299 g/mol. The normalized spacial score (nSPS) is 17.5. The summed E-state index contributed by atoms with van der Waals surface area (Å²) in [5, 5.41) is 0. The number of Topliss-reactive ketones (excluding diaryl/α,β-unsaturated/α-hetero) is 1. The summed E-state index contributed by atoms with van der Waals surface area (Å²) in [5.41, 5.74) is 0.421. The van der Waals surface area contributed by atoms with Gasteiger partial charge in [0.05, 0.1) is 0 Å². The Labute approximate surface area is 114 Å². The van der Waals surface area contributed by atoms with Gasteiger partial charge >= 0.3 is 0 Å². The molecule has 0 fully saturated rings. The Bertz CT molecular complexity index is 459. The van der Waals surface area contributed by atoms with Gasteiger partial charge in [-0.3, -0.25) is 4.79 Å². The van der Waals surface area contributed by atoms with Crippen molar-refractivity contribution in [2.24, 2.45) is 0 Å². The molecule has 1 aromatic rings. The second-order valence-electron chi connectivity index (χ2n) is 2.83. The van der Waals surface area contributed by atoms with Gasteiger partial charge in [0.15, 0.2) is 5.78 Å². The molecule has 0 aliphatic rings. The first-order chi connectivity index (χ1) is 9.01. The minimum Gasteiger partial charge on any atom is -0.309 e. The maximum atomic E-state index is 11.9. The van der Waals surface area contributed by atoms with E-state index in [-0.39, 0.29) is 31.2 Å². The lowest BCUT2D eigenvalue weighted by Gasteiger charge is -2.08. The van der Waals surface area contributed by atoms with Crippen LogP contribution in [0.4, 0.5) is 0 Å². The third-order valence-electron chi connectivity index (χ3n) is 1.73. The number of hydrogen-bond donors (Lipinski definition) is 0. The number of nitrogens with zero attached hydrogens (tertiary/aromatic N) is 1. The second kappa shape index (κ2) is 6.99. The van der Waals surface area contributed by atoms with E-state index < -0.39 is 14.0 Å². The second-order valence-corrected chi connectivity index (χ2v) is 3.75. The van der Waals surface area contributed by atoms with Crippen LogP contribution < -0.4 is 0 Å². The molecule has 15 heavy (non-hydrogen) atoms. The molecule has 1 rings (SSSR count). The van der Waals surface area contributed by atoms with Crippen LogP contribution in [0.25, 0.3) is 0 Å². The number of ketones is 1. The van der Waals surface area contributed by atoms with E-state index in [9.17, 15) is 4.79 Å². The predicted molar refractivity (Wildman–Crippen MR) is 68.9 cm³/mol. The highest BCUT2D eigenvalue weighted by molar-refractivity contribution is 9.10. The van der Waals surface area contributed by atoms with Gasteiger partial charge in [-0.2, -0.15) is 0 Å². The summed E-state index contributed by atoms with van der Waals surface area (Å²) < 4.78 is 44.0. The summed E-state index contributed by atoms with van der Waals surface area (Å²) >= 11 is 3.24. The van der Waals surface area contributed by atoms with Gasteiger partial charge in [-0.25, -0.2) is 0 Å². The molecular formula is C11H15BrClNO. The summed E-state index contributed by atoms with van der Waals surface area (Å²) in [6.07, 6.45) is -0.168. The summed E-state index contributed by atoms with van der Waals surface area (Å²) in [6, 6.07) is 6.58. The van der Waals surface area contributed by atoms with Gasteiger partial charge < -0.3 is 4.90 Å². The monoisotopic (exact) mass is 297 g/mol. The Morgan fingerprint density at radius 3 is 2.53 bits per heavy atom. The van der Waals surface area contributed by atoms with Crippen molar-refractivity contribution in [1.29, 1.82) is 0 Å². The molecule has 2 nitrogen and oxygen atoms in total. The minimum absolute atomic E-state index is 0. The molecule has 0 atom stereocenters. The van der Waals surface area contributed by atoms with Crippen LogP contribution in [0.2, 0.25) is 0 Å². The number of hydrogen-bond acceptors (Lipinski definition) is 2. The minimum atomic E-state index is -2.76. The van der Waals surface area contributed by atoms with Crippen LogP contribution in [0.3, 0.4) is 0 Å². The van der Waals surface area contributed by atoms with Crippen LogP contribution >= 0.6 is 28.3 Å². The Morgan fingerprint density at radius 1 is 1.40 bits per heavy atom. The molecule has 0 heterocycles. The molecule has 0 aliphatic heterocycles. The van der Waals surface area contributed by atoms with E-state index >= 15 is 0 Å². The van der Waals surface area contributed by atoms with Crippen molar-refractivity contribution in [1.82, 2.24) is 4.90 Å². The van der Waals surface area contributed by atoms with Gasteiger partial charge in [0, 0.05) is 31.2 Å². The van der Waals surface area contributed by atoms with Crippen LogP contribution in [0, 0.1) is 0 Å². The molecule has 0 unspecified atom stereocenters. The van der Waals surface area contributed by atoms with E-state index in [4.69, 9.17) is 8.22 Å². The fourth-order valence-corrected chi connectivity index (χ4v) is 1.26. The summed E-state index contributed by atoms with van der Waals surface area (Å²) in [7, 11) is 0. The molecule has 0 amide bonds. The van der Waals surface area contributed by atoms with E-state index in [2.05, 4.69) is 15.9 Å². The van der Waals surface area contributed by atoms with E-state index in [0.29, 0.717) is 10.5 Å². The average Bonchev–Trinajstić information content (AvgIpc) is 2.26. The molecule has 0 aromatic heterocycles. The number of benzene rings is 1. The maximum Gasteiger partial charge on any atom is 0.164 e. The molecule has 84 valence electrons. The molecule has 0 bridgehead atoms. The lowest BCUT2D eigenvalue weighted by Crippen LogP contribution is -2.16. The zero-order valence-electron chi connectivity index (χ0n) is 13.9. The summed E-state index contributed by atoms with van der Waals surface area (Å²) in [4.78, 5) is 12.3. The lowest BCUT2D eigenvalue weighted by atomic mass is 10.1. The highest BCUT2D eigenvalue weighted by atomic mass is 79.9. The Morgan fingerprint density at radius 2 is 2.00 bits per heavy atom. The number of carbonyl (C=O) groups is 1. The molecular weight excluding hydrogens is 277 g/mol.